The van der Waals surface area contributed by atoms with Crippen LogP contribution in [0.4, 0.5) is 0 Å². The molecule has 0 aliphatic carbocycles. The van der Waals surface area contributed by atoms with Crippen molar-refractivity contribution in [1.29, 1.82) is 0 Å². The Bertz CT molecular complexity index is 413. The molecule has 0 radical (unpaired) electrons. The van der Waals surface area contributed by atoms with Gasteiger partial charge >= 0.3 is 0 Å². The van der Waals surface area contributed by atoms with E-state index in [1.807, 2.05) is 6.07 Å². The highest BCUT2D eigenvalue weighted by atomic mass is 32.1. The van der Waals surface area contributed by atoms with Gasteiger partial charge in [0.15, 0.2) is 0 Å². The quantitative estimate of drug-likeness (QED) is 0.853. The molecule has 1 atom stereocenters. The Labute approximate surface area is 106 Å². The van der Waals surface area contributed by atoms with Crippen molar-refractivity contribution in [1.82, 2.24) is 15.3 Å². The van der Waals surface area contributed by atoms with Gasteiger partial charge < -0.3 is 5.32 Å². The van der Waals surface area contributed by atoms with Crippen LogP contribution in [-0.4, -0.2) is 16.5 Å². The molecule has 4 heteroatoms. The van der Waals surface area contributed by atoms with E-state index >= 15 is 0 Å². The molecule has 0 spiro atoms. The number of nitrogens with one attached hydrogen (secondary N) is 1. The molecule has 0 aliphatic heterocycles. The third-order valence-corrected chi connectivity index (χ3v) is 3.42. The van der Waals surface area contributed by atoms with Crippen molar-refractivity contribution in [2.75, 3.05) is 6.54 Å². The zero-order chi connectivity index (χ0) is 11.9. The SMILES string of the molecule is CCCNC(Cc1cccs1)c1ncccn1. The molecule has 3 nitrogen and oxygen atoms in total. The Hall–Kier alpha value is -1.26. The first kappa shape index (κ1) is 12.2. The standard InChI is InChI=1S/C13H17N3S/c1-2-6-14-12(10-11-5-3-9-17-11)13-15-7-4-8-16-13/h3-5,7-9,12,14H,2,6,10H2,1H3. The lowest BCUT2D eigenvalue weighted by Crippen LogP contribution is -2.25. The molecule has 1 N–H and O–H groups in total. The van der Waals surface area contributed by atoms with E-state index in [0.29, 0.717) is 0 Å². The predicted molar refractivity (Wildman–Crippen MR) is 71.1 cm³/mol. The van der Waals surface area contributed by atoms with E-state index in [4.69, 9.17) is 0 Å². The van der Waals surface area contributed by atoms with Crippen LogP contribution < -0.4 is 5.32 Å². The van der Waals surface area contributed by atoms with Gasteiger partial charge in [-0.1, -0.05) is 13.0 Å². The Balaban J connectivity index is 2.08. The lowest BCUT2D eigenvalue weighted by atomic mass is 10.1. The number of nitrogens with zero attached hydrogens (tertiary/aromatic N) is 2. The smallest absolute Gasteiger partial charge is 0.145 e. The van der Waals surface area contributed by atoms with Gasteiger partial charge in [-0.3, -0.25) is 0 Å². The Morgan fingerprint density at radius 1 is 1.29 bits per heavy atom. The Morgan fingerprint density at radius 3 is 2.76 bits per heavy atom. The molecule has 0 saturated heterocycles. The van der Waals surface area contributed by atoms with Crippen molar-refractivity contribution in [3.8, 4) is 0 Å². The van der Waals surface area contributed by atoms with Crippen LogP contribution in [0.25, 0.3) is 0 Å². The number of hydrogen-bond acceptors (Lipinski definition) is 4. The topological polar surface area (TPSA) is 37.8 Å². The molecule has 0 aromatic carbocycles. The lowest BCUT2D eigenvalue weighted by Gasteiger charge is -2.15. The van der Waals surface area contributed by atoms with Crippen molar-refractivity contribution in [2.45, 2.75) is 25.8 Å². The van der Waals surface area contributed by atoms with Crippen LogP contribution in [0, 0.1) is 0 Å². The van der Waals surface area contributed by atoms with Gasteiger partial charge in [-0.15, -0.1) is 11.3 Å². The minimum Gasteiger partial charge on any atom is -0.307 e. The van der Waals surface area contributed by atoms with E-state index in [1.165, 1.54) is 4.88 Å². The normalized spacial score (nSPS) is 12.5. The predicted octanol–water partition coefficient (Wildman–Crippen LogP) is 2.82. The summed E-state index contributed by atoms with van der Waals surface area (Å²) < 4.78 is 0. The molecule has 0 saturated carbocycles. The minimum absolute atomic E-state index is 0.217. The summed E-state index contributed by atoms with van der Waals surface area (Å²) in [7, 11) is 0. The van der Waals surface area contributed by atoms with Crippen molar-refractivity contribution in [3.05, 3.63) is 46.7 Å². The second-order valence-electron chi connectivity index (χ2n) is 3.90. The molecular formula is C13H17N3S. The lowest BCUT2D eigenvalue weighted by molar-refractivity contribution is 0.507. The number of rotatable bonds is 6. The first-order chi connectivity index (χ1) is 8.40. The van der Waals surface area contributed by atoms with Crippen LogP contribution in [0.2, 0.25) is 0 Å². The average molecular weight is 247 g/mol. The molecule has 2 aromatic heterocycles. The van der Waals surface area contributed by atoms with E-state index in [0.717, 1.165) is 25.2 Å². The van der Waals surface area contributed by atoms with E-state index in [-0.39, 0.29) is 6.04 Å². The van der Waals surface area contributed by atoms with Crippen LogP contribution >= 0.6 is 11.3 Å². The highest BCUT2D eigenvalue weighted by Crippen LogP contribution is 2.18. The van der Waals surface area contributed by atoms with Crippen LogP contribution in [0.5, 0.6) is 0 Å². The third-order valence-electron chi connectivity index (χ3n) is 2.52. The molecule has 2 aromatic rings. The van der Waals surface area contributed by atoms with Gasteiger partial charge in [0.25, 0.3) is 0 Å². The summed E-state index contributed by atoms with van der Waals surface area (Å²) in [5, 5.41) is 5.61. The van der Waals surface area contributed by atoms with Crippen LogP contribution in [0.1, 0.15) is 30.1 Å². The molecule has 2 rings (SSSR count). The van der Waals surface area contributed by atoms with Gasteiger partial charge in [0.05, 0.1) is 6.04 Å². The second kappa shape index (κ2) is 6.47. The monoisotopic (exact) mass is 247 g/mol. The Morgan fingerprint density at radius 2 is 2.12 bits per heavy atom. The summed E-state index contributed by atoms with van der Waals surface area (Å²) in [6.45, 7) is 3.16. The second-order valence-corrected chi connectivity index (χ2v) is 4.93. The van der Waals surface area contributed by atoms with Gasteiger partial charge in [0.2, 0.25) is 0 Å². The fraction of sp³-hybridized carbons (Fsp3) is 0.385. The first-order valence-electron chi connectivity index (χ1n) is 5.93. The zero-order valence-corrected chi connectivity index (χ0v) is 10.8. The van der Waals surface area contributed by atoms with Gasteiger partial charge in [0.1, 0.15) is 5.82 Å². The molecule has 90 valence electrons. The molecule has 2 heterocycles. The summed E-state index contributed by atoms with van der Waals surface area (Å²) in [4.78, 5) is 10.1. The van der Waals surface area contributed by atoms with E-state index in [9.17, 15) is 0 Å². The summed E-state index contributed by atoms with van der Waals surface area (Å²) in [6.07, 6.45) is 5.68. The molecular weight excluding hydrogens is 230 g/mol. The third kappa shape index (κ3) is 3.61. The van der Waals surface area contributed by atoms with Crippen LogP contribution in [0.15, 0.2) is 36.0 Å². The van der Waals surface area contributed by atoms with Crippen molar-refractivity contribution in [2.24, 2.45) is 0 Å². The van der Waals surface area contributed by atoms with Crippen LogP contribution in [0.3, 0.4) is 0 Å². The minimum atomic E-state index is 0.217. The van der Waals surface area contributed by atoms with E-state index < -0.39 is 0 Å². The Kier molecular flexibility index (Phi) is 4.64. The molecule has 0 amide bonds. The fourth-order valence-electron chi connectivity index (χ4n) is 1.69. The highest BCUT2D eigenvalue weighted by molar-refractivity contribution is 7.09. The van der Waals surface area contributed by atoms with E-state index in [2.05, 4.69) is 39.7 Å². The average Bonchev–Trinajstić information content (AvgIpc) is 2.88. The molecule has 0 fully saturated rings. The van der Waals surface area contributed by atoms with Crippen molar-refractivity contribution in [3.63, 3.8) is 0 Å². The molecule has 0 aliphatic rings. The van der Waals surface area contributed by atoms with Crippen LogP contribution in [-0.2, 0) is 6.42 Å². The summed E-state index contributed by atoms with van der Waals surface area (Å²) >= 11 is 1.78. The van der Waals surface area contributed by atoms with Gasteiger partial charge in [0, 0.05) is 23.7 Å². The van der Waals surface area contributed by atoms with Crippen molar-refractivity contribution < 1.29 is 0 Å². The van der Waals surface area contributed by atoms with Gasteiger partial charge in [-0.25, -0.2) is 9.97 Å². The molecule has 1 unspecified atom stereocenters. The molecule has 0 bridgehead atoms. The zero-order valence-electron chi connectivity index (χ0n) is 9.97. The maximum Gasteiger partial charge on any atom is 0.145 e. The summed E-state index contributed by atoms with van der Waals surface area (Å²) in [6, 6.07) is 6.32. The van der Waals surface area contributed by atoms with E-state index in [1.54, 1.807) is 23.7 Å². The summed E-state index contributed by atoms with van der Waals surface area (Å²) in [5.74, 6) is 0.884. The highest BCUT2D eigenvalue weighted by Gasteiger charge is 2.14. The van der Waals surface area contributed by atoms with Gasteiger partial charge in [-0.2, -0.15) is 0 Å². The van der Waals surface area contributed by atoms with Gasteiger partial charge in [-0.05, 0) is 30.5 Å². The maximum absolute atomic E-state index is 4.34. The molecule has 17 heavy (non-hydrogen) atoms. The van der Waals surface area contributed by atoms with Crippen molar-refractivity contribution >= 4 is 11.3 Å². The number of aromatic nitrogens is 2. The largest absolute Gasteiger partial charge is 0.307 e. The maximum atomic E-state index is 4.34. The number of thiophene rings is 1. The summed E-state index contributed by atoms with van der Waals surface area (Å²) in [5.41, 5.74) is 0. The fourth-order valence-corrected chi connectivity index (χ4v) is 2.45. The number of hydrogen-bond donors (Lipinski definition) is 1. The first-order valence-corrected chi connectivity index (χ1v) is 6.80.